The Hall–Kier alpha value is -1.06. The van der Waals surface area contributed by atoms with Crippen molar-refractivity contribution in [1.29, 1.82) is 0 Å². The van der Waals surface area contributed by atoms with Gasteiger partial charge in [0.25, 0.3) is 0 Å². The van der Waals surface area contributed by atoms with Gasteiger partial charge in [0.1, 0.15) is 0 Å². The molecule has 1 aromatic carbocycles. The highest BCUT2D eigenvalue weighted by Crippen LogP contribution is 2.30. The van der Waals surface area contributed by atoms with Gasteiger partial charge in [0.15, 0.2) is 0 Å². The third-order valence-corrected chi connectivity index (χ3v) is 1.96. The molecule has 0 fully saturated rings. The number of aliphatic hydroxyl groups excluding tert-OH is 1. The lowest BCUT2D eigenvalue weighted by Gasteiger charge is -1.99. The molecule has 0 bridgehead atoms. The predicted octanol–water partition coefficient (Wildman–Crippen LogP) is 1.50. The second-order valence-corrected chi connectivity index (χ2v) is 2.93. The molecule has 12 heavy (non-hydrogen) atoms. The fourth-order valence-corrected chi connectivity index (χ4v) is 1.32. The SMILES string of the molecule is O=C1OC(O)c2ccc(Cl)cc21. The van der Waals surface area contributed by atoms with Crippen molar-refractivity contribution in [2.24, 2.45) is 0 Å². The summed E-state index contributed by atoms with van der Waals surface area (Å²) in [4.78, 5) is 11.0. The third kappa shape index (κ3) is 0.983. The second kappa shape index (κ2) is 2.47. The minimum Gasteiger partial charge on any atom is -0.428 e. The van der Waals surface area contributed by atoms with Crippen LogP contribution < -0.4 is 0 Å². The molecule has 0 radical (unpaired) electrons. The average molecular weight is 185 g/mol. The van der Waals surface area contributed by atoms with Crippen LogP contribution in [0.4, 0.5) is 0 Å². The molecule has 0 spiro atoms. The van der Waals surface area contributed by atoms with Crippen LogP contribution in [0.15, 0.2) is 18.2 Å². The van der Waals surface area contributed by atoms with Crippen LogP contribution in [0.2, 0.25) is 5.02 Å². The quantitative estimate of drug-likeness (QED) is 0.622. The van der Waals surface area contributed by atoms with Crippen LogP contribution in [-0.2, 0) is 4.74 Å². The van der Waals surface area contributed by atoms with Gasteiger partial charge in [0, 0.05) is 10.6 Å². The number of ether oxygens (including phenoxy) is 1. The first-order valence-electron chi connectivity index (χ1n) is 3.37. The Labute approximate surface area is 73.5 Å². The van der Waals surface area contributed by atoms with Crippen LogP contribution in [-0.4, -0.2) is 11.1 Å². The lowest BCUT2D eigenvalue weighted by atomic mass is 10.1. The largest absolute Gasteiger partial charge is 0.428 e. The van der Waals surface area contributed by atoms with Gasteiger partial charge in [-0.15, -0.1) is 0 Å². The molecule has 1 aliphatic rings. The highest BCUT2D eigenvalue weighted by Gasteiger charge is 2.29. The Kier molecular flexibility index (Phi) is 1.56. The lowest BCUT2D eigenvalue weighted by molar-refractivity contribution is -0.0547. The molecule has 62 valence electrons. The van der Waals surface area contributed by atoms with Gasteiger partial charge in [-0.3, -0.25) is 0 Å². The van der Waals surface area contributed by atoms with E-state index >= 15 is 0 Å². The fourth-order valence-electron chi connectivity index (χ4n) is 1.15. The monoisotopic (exact) mass is 184 g/mol. The molecule has 1 N–H and O–H groups in total. The summed E-state index contributed by atoms with van der Waals surface area (Å²) in [5.41, 5.74) is 0.819. The van der Waals surface area contributed by atoms with Crippen molar-refractivity contribution >= 4 is 17.6 Å². The number of aliphatic hydroxyl groups is 1. The van der Waals surface area contributed by atoms with Crippen molar-refractivity contribution in [2.75, 3.05) is 0 Å². The first kappa shape index (κ1) is 7.58. The summed E-state index contributed by atoms with van der Waals surface area (Å²) in [6.07, 6.45) is -1.13. The Morgan fingerprint density at radius 1 is 1.50 bits per heavy atom. The molecule has 1 unspecified atom stereocenters. The summed E-state index contributed by atoms with van der Waals surface area (Å²) < 4.78 is 4.54. The first-order chi connectivity index (χ1) is 5.68. The molecule has 0 saturated carbocycles. The fraction of sp³-hybridized carbons (Fsp3) is 0.125. The molecule has 1 aliphatic heterocycles. The molecule has 4 heteroatoms. The molecule has 0 aliphatic carbocycles. The van der Waals surface area contributed by atoms with E-state index in [9.17, 15) is 4.79 Å². The van der Waals surface area contributed by atoms with Gasteiger partial charge in [-0.2, -0.15) is 0 Å². The number of halogens is 1. The number of hydrogen-bond acceptors (Lipinski definition) is 3. The lowest BCUT2D eigenvalue weighted by Crippen LogP contribution is -1.95. The minimum atomic E-state index is -1.13. The molecule has 0 aromatic heterocycles. The van der Waals surface area contributed by atoms with Crippen LogP contribution in [0.5, 0.6) is 0 Å². The maximum atomic E-state index is 11.0. The van der Waals surface area contributed by atoms with Crippen molar-refractivity contribution in [3.05, 3.63) is 34.3 Å². The van der Waals surface area contributed by atoms with Crippen molar-refractivity contribution in [1.82, 2.24) is 0 Å². The van der Waals surface area contributed by atoms with Crippen molar-refractivity contribution in [2.45, 2.75) is 6.29 Å². The van der Waals surface area contributed by atoms with E-state index < -0.39 is 12.3 Å². The molecule has 1 atom stereocenters. The van der Waals surface area contributed by atoms with Crippen LogP contribution in [0.25, 0.3) is 0 Å². The summed E-state index contributed by atoms with van der Waals surface area (Å²) in [6.45, 7) is 0. The summed E-state index contributed by atoms with van der Waals surface area (Å²) in [6, 6.07) is 4.66. The number of esters is 1. The third-order valence-electron chi connectivity index (χ3n) is 1.72. The number of fused-ring (bicyclic) bond motifs is 1. The van der Waals surface area contributed by atoms with Gasteiger partial charge in [0.2, 0.25) is 6.29 Å². The molecular weight excluding hydrogens is 180 g/mol. The smallest absolute Gasteiger partial charge is 0.341 e. The Balaban J connectivity index is 2.60. The van der Waals surface area contributed by atoms with Crippen LogP contribution in [0.1, 0.15) is 22.2 Å². The molecule has 1 heterocycles. The van der Waals surface area contributed by atoms with E-state index in [0.29, 0.717) is 16.1 Å². The zero-order valence-electron chi connectivity index (χ0n) is 5.95. The van der Waals surface area contributed by atoms with E-state index in [2.05, 4.69) is 4.74 Å². The summed E-state index contributed by atoms with van der Waals surface area (Å²) >= 11 is 5.65. The topological polar surface area (TPSA) is 46.5 Å². The summed E-state index contributed by atoms with van der Waals surface area (Å²) in [5.74, 6) is -0.528. The Bertz CT molecular complexity index is 348. The number of carbonyl (C=O) groups excluding carboxylic acids is 1. The van der Waals surface area contributed by atoms with E-state index in [0.717, 1.165) is 0 Å². The maximum Gasteiger partial charge on any atom is 0.341 e. The van der Waals surface area contributed by atoms with Gasteiger partial charge in [-0.1, -0.05) is 17.7 Å². The van der Waals surface area contributed by atoms with E-state index in [1.54, 1.807) is 12.1 Å². The highest BCUT2D eigenvalue weighted by atomic mass is 35.5. The van der Waals surface area contributed by atoms with Gasteiger partial charge in [0.05, 0.1) is 5.56 Å². The summed E-state index contributed by atoms with van der Waals surface area (Å²) in [5, 5.41) is 9.61. The molecular formula is C8H5ClO3. The van der Waals surface area contributed by atoms with Gasteiger partial charge in [-0.25, -0.2) is 4.79 Å². The van der Waals surface area contributed by atoms with Crippen molar-refractivity contribution < 1.29 is 14.6 Å². The minimum absolute atomic E-state index is 0.343. The zero-order chi connectivity index (χ0) is 8.72. The Morgan fingerprint density at radius 2 is 2.25 bits per heavy atom. The molecule has 0 saturated heterocycles. The van der Waals surface area contributed by atoms with Crippen LogP contribution in [0.3, 0.4) is 0 Å². The van der Waals surface area contributed by atoms with Gasteiger partial charge >= 0.3 is 5.97 Å². The summed E-state index contributed by atoms with van der Waals surface area (Å²) in [7, 11) is 0. The molecule has 0 amide bonds. The Morgan fingerprint density at radius 3 is 3.00 bits per heavy atom. The van der Waals surface area contributed by atoms with Crippen molar-refractivity contribution in [3.8, 4) is 0 Å². The zero-order valence-corrected chi connectivity index (χ0v) is 6.71. The number of hydrogen-bond donors (Lipinski definition) is 1. The molecule has 3 nitrogen and oxygen atoms in total. The number of rotatable bonds is 0. The number of carbonyl (C=O) groups is 1. The van der Waals surface area contributed by atoms with Crippen LogP contribution >= 0.6 is 11.6 Å². The molecule has 1 aromatic rings. The van der Waals surface area contributed by atoms with E-state index in [1.165, 1.54) is 6.07 Å². The van der Waals surface area contributed by atoms with Gasteiger partial charge < -0.3 is 9.84 Å². The predicted molar refractivity (Wildman–Crippen MR) is 41.8 cm³/mol. The van der Waals surface area contributed by atoms with E-state index in [4.69, 9.17) is 16.7 Å². The van der Waals surface area contributed by atoms with Crippen LogP contribution in [0, 0.1) is 0 Å². The van der Waals surface area contributed by atoms with E-state index in [-0.39, 0.29) is 0 Å². The maximum absolute atomic E-state index is 11.0. The van der Waals surface area contributed by atoms with E-state index in [1.807, 2.05) is 0 Å². The average Bonchev–Trinajstić information content (AvgIpc) is 2.28. The van der Waals surface area contributed by atoms with Gasteiger partial charge in [-0.05, 0) is 12.1 Å². The highest BCUT2D eigenvalue weighted by molar-refractivity contribution is 6.31. The first-order valence-corrected chi connectivity index (χ1v) is 3.75. The molecule has 2 rings (SSSR count). The number of benzene rings is 1. The second-order valence-electron chi connectivity index (χ2n) is 2.49. The standard InChI is InChI=1S/C8H5ClO3/c9-4-1-2-5-6(3-4)8(11)12-7(5)10/h1-3,7,10H. The number of cyclic esters (lactones) is 1. The van der Waals surface area contributed by atoms with Crippen molar-refractivity contribution in [3.63, 3.8) is 0 Å². The normalized spacial score (nSPS) is 20.5.